The van der Waals surface area contributed by atoms with Crippen LogP contribution in [0.5, 0.6) is 5.88 Å². The number of ether oxygens (including phenoxy) is 1. The molecule has 1 saturated carbocycles. The molecule has 4 aromatic rings. The number of aryl methyl sites for hydroxylation is 1. The third-order valence-corrected chi connectivity index (χ3v) is 8.50. The van der Waals surface area contributed by atoms with Crippen LogP contribution in [-0.4, -0.2) is 63.0 Å². The van der Waals surface area contributed by atoms with E-state index in [9.17, 15) is 9.59 Å². The first-order valence-corrected chi connectivity index (χ1v) is 13.5. The zero-order chi connectivity index (χ0) is 26.3. The van der Waals surface area contributed by atoms with E-state index in [1.165, 1.54) is 30.6 Å². The molecular formula is C27H29N7O3S. The number of thiazole rings is 1. The Balaban J connectivity index is 1.16. The number of carbonyl (C=O) groups excluding carboxylic acids is 2. The lowest BCUT2D eigenvalue weighted by Gasteiger charge is -2.32. The number of rotatable bonds is 7. The number of aromatic nitrogens is 4. The molecule has 10 nitrogen and oxygen atoms in total. The van der Waals surface area contributed by atoms with E-state index >= 15 is 0 Å². The van der Waals surface area contributed by atoms with Crippen molar-refractivity contribution in [3.05, 3.63) is 54.2 Å². The van der Waals surface area contributed by atoms with Gasteiger partial charge >= 0.3 is 0 Å². The Morgan fingerprint density at radius 3 is 2.87 bits per heavy atom. The van der Waals surface area contributed by atoms with Crippen LogP contribution < -0.4 is 15.4 Å². The van der Waals surface area contributed by atoms with Crippen molar-refractivity contribution in [2.45, 2.75) is 32.6 Å². The van der Waals surface area contributed by atoms with Gasteiger partial charge < -0.3 is 15.4 Å². The molecule has 0 aromatic carbocycles. The van der Waals surface area contributed by atoms with E-state index in [4.69, 9.17) is 4.74 Å². The van der Waals surface area contributed by atoms with E-state index < -0.39 is 0 Å². The van der Waals surface area contributed by atoms with Crippen molar-refractivity contribution in [1.29, 1.82) is 0 Å². The molecule has 2 N–H and O–H groups in total. The summed E-state index contributed by atoms with van der Waals surface area (Å²) >= 11 is 1.43. The molecule has 1 aliphatic heterocycles. The fourth-order valence-electron chi connectivity index (χ4n) is 5.16. The highest BCUT2D eigenvalue weighted by Gasteiger charge is 2.45. The third-order valence-electron chi connectivity index (χ3n) is 7.35. The quantitative estimate of drug-likeness (QED) is 0.367. The number of piperidine rings is 1. The summed E-state index contributed by atoms with van der Waals surface area (Å²) < 4.78 is 7.06. The van der Waals surface area contributed by atoms with Gasteiger partial charge in [0.25, 0.3) is 5.91 Å². The van der Waals surface area contributed by atoms with Crippen LogP contribution >= 0.6 is 11.3 Å². The highest BCUT2D eigenvalue weighted by Crippen LogP contribution is 2.51. The van der Waals surface area contributed by atoms with Crippen molar-refractivity contribution >= 4 is 39.4 Å². The molecule has 6 rings (SSSR count). The Morgan fingerprint density at radius 2 is 2.05 bits per heavy atom. The minimum absolute atomic E-state index is 0.0686. The van der Waals surface area contributed by atoms with Crippen molar-refractivity contribution in [1.82, 2.24) is 24.5 Å². The minimum atomic E-state index is -0.303. The van der Waals surface area contributed by atoms with Crippen LogP contribution in [0.3, 0.4) is 0 Å². The maximum Gasteiger partial charge on any atom is 0.260 e. The standard InChI is InChI=1S/C27H29N7O3S/c1-17-21(11-18(12-29-17)31-23(35)15-33-10-4-6-27(16-33)7-8-27)32-24(36)20-13-30-34-14-22(38-26(20)34)19-5-3-9-28-25(19)37-2/h3,5,9,11-14H,4,6-8,10,15-16H2,1-2H3,(H,31,35)(H,32,36). The van der Waals surface area contributed by atoms with Crippen LogP contribution in [0, 0.1) is 12.3 Å². The van der Waals surface area contributed by atoms with Gasteiger partial charge in [0, 0.05) is 18.9 Å². The Morgan fingerprint density at radius 1 is 1.18 bits per heavy atom. The van der Waals surface area contributed by atoms with E-state index in [0.717, 1.165) is 30.0 Å². The Kier molecular flexibility index (Phi) is 6.32. The summed E-state index contributed by atoms with van der Waals surface area (Å²) in [6.07, 6.45) is 11.7. The number of fused-ring (bicyclic) bond motifs is 1. The molecule has 4 aromatic heterocycles. The van der Waals surface area contributed by atoms with Crippen LogP contribution in [-0.2, 0) is 4.79 Å². The summed E-state index contributed by atoms with van der Waals surface area (Å²) in [5, 5.41) is 10.3. The van der Waals surface area contributed by atoms with Crippen LogP contribution in [0.25, 0.3) is 15.3 Å². The second-order valence-electron chi connectivity index (χ2n) is 10.1. The summed E-state index contributed by atoms with van der Waals surface area (Å²) in [7, 11) is 1.58. The van der Waals surface area contributed by atoms with Crippen molar-refractivity contribution in [3.8, 4) is 16.3 Å². The molecule has 2 amide bonds. The molecule has 1 spiro atoms. The van der Waals surface area contributed by atoms with E-state index in [1.54, 1.807) is 36.3 Å². The van der Waals surface area contributed by atoms with Crippen LogP contribution in [0.1, 0.15) is 41.7 Å². The van der Waals surface area contributed by atoms with Gasteiger partial charge in [-0.1, -0.05) is 0 Å². The summed E-state index contributed by atoms with van der Waals surface area (Å²) in [6.45, 7) is 4.15. The van der Waals surface area contributed by atoms with Gasteiger partial charge in [-0.3, -0.25) is 19.5 Å². The predicted octanol–water partition coefficient (Wildman–Crippen LogP) is 4.24. The second kappa shape index (κ2) is 9.80. The van der Waals surface area contributed by atoms with Gasteiger partial charge in [-0.05, 0) is 62.8 Å². The van der Waals surface area contributed by atoms with Crippen molar-refractivity contribution in [2.75, 3.05) is 37.4 Å². The molecule has 38 heavy (non-hydrogen) atoms. The van der Waals surface area contributed by atoms with Crippen LogP contribution in [0.4, 0.5) is 11.4 Å². The number of carbonyl (C=O) groups is 2. The fraction of sp³-hybridized carbons (Fsp3) is 0.370. The van der Waals surface area contributed by atoms with E-state index in [2.05, 4.69) is 30.6 Å². The number of anilines is 2. The molecular weight excluding hydrogens is 502 g/mol. The van der Waals surface area contributed by atoms with Gasteiger partial charge in [0.1, 0.15) is 4.83 Å². The summed E-state index contributed by atoms with van der Waals surface area (Å²) in [5.74, 6) is 0.139. The lowest BCUT2D eigenvalue weighted by Crippen LogP contribution is -2.41. The fourth-order valence-corrected chi connectivity index (χ4v) is 6.23. The monoisotopic (exact) mass is 531 g/mol. The summed E-state index contributed by atoms with van der Waals surface area (Å²) in [6, 6.07) is 5.50. The second-order valence-corrected chi connectivity index (χ2v) is 11.2. The molecule has 2 aliphatic rings. The third kappa shape index (κ3) is 4.86. The first kappa shape index (κ1) is 24.5. The Bertz CT molecular complexity index is 1520. The zero-order valence-corrected chi connectivity index (χ0v) is 22.2. The number of hydrogen-bond donors (Lipinski definition) is 2. The Labute approximate surface area is 224 Å². The number of amides is 2. The van der Waals surface area contributed by atoms with Gasteiger partial charge in [-0.15, -0.1) is 11.3 Å². The SMILES string of the molecule is COc1ncccc1-c1cn2ncc(C(=O)Nc3cc(NC(=O)CN4CCCC5(CC5)C4)cnc3C)c2s1. The molecule has 1 saturated heterocycles. The maximum atomic E-state index is 13.3. The Hall–Kier alpha value is -3.83. The van der Waals surface area contributed by atoms with Crippen molar-refractivity contribution in [2.24, 2.45) is 5.41 Å². The molecule has 5 heterocycles. The largest absolute Gasteiger partial charge is 0.481 e. The molecule has 11 heteroatoms. The van der Waals surface area contributed by atoms with Crippen molar-refractivity contribution in [3.63, 3.8) is 0 Å². The number of pyridine rings is 2. The minimum Gasteiger partial charge on any atom is -0.481 e. The number of methoxy groups -OCH3 is 1. The number of nitrogens with zero attached hydrogens (tertiary/aromatic N) is 5. The molecule has 196 valence electrons. The van der Waals surface area contributed by atoms with Gasteiger partial charge in [-0.2, -0.15) is 5.10 Å². The number of likely N-dealkylation sites (tertiary alicyclic amines) is 1. The smallest absolute Gasteiger partial charge is 0.260 e. The van der Waals surface area contributed by atoms with E-state index in [-0.39, 0.29) is 11.8 Å². The molecule has 0 radical (unpaired) electrons. The summed E-state index contributed by atoms with van der Waals surface area (Å²) in [5.41, 5.74) is 3.48. The predicted molar refractivity (Wildman–Crippen MR) is 146 cm³/mol. The van der Waals surface area contributed by atoms with Gasteiger partial charge in [0.05, 0.1) is 59.1 Å². The topological polar surface area (TPSA) is 114 Å². The van der Waals surface area contributed by atoms with Gasteiger partial charge in [0.15, 0.2) is 0 Å². The van der Waals surface area contributed by atoms with Crippen molar-refractivity contribution < 1.29 is 14.3 Å². The maximum absolute atomic E-state index is 13.3. The normalized spacial score (nSPS) is 16.5. The number of hydrogen-bond acceptors (Lipinski definition) is 8. The van der Waals surface area contributed by atoms with E-state index in [0.29, 0.717) is 45.3 Å². The average Bonchev–Trinajstić information content (AvgIpc) is 3.32. The molecule has 2 fully saturated rings. The number of nitrogens with one attached hydrogen (secondary N) is 2. The highest BCUT2D eigenvalue weighted by molar-refractivity contribution is 7.21. The van der Waals surface area contributed by atoms with Crippen LogP contribution in [0.2, 0.25) is 0 Å². The first-order valence-electron chi connectivity index (χ1n) is 12.7. The molecule has 0 unspecified atom stereocenters. The van der Waals surface area contributed by atoms with E-state index in [1.807, 2.05) is 25.3 Å². The zero-order valence-electron chi connectivity index (χ0n) is 21.4. The average molecular weight is 532 g/mol. The summed E-state index contributed by atoms with van der Waals surface area (Å²) in [4.78, 5) is 38.5. The molecule has 0 bridgehead atoms. The first-order chi connectivity index (χ1) is 18.4. The van der Waals surface area contributed by atoms with Gasteiger partial charge in [0.2, 0.25) is 11.8 Å². The van der Waals surface area contributed by atoms with Crippen LogP contribution in [0.15, 0.2) is 43.0 Å². The lowest BCUT2D eigenvalue weighted by atomic mass is 9.95. The highest BCUT2D eigenvalue weighted by atomic mass is 32.1. The van der Waals surface area contributed by atoms with Gasteiger partial charge in [-0.25, -0.2) is 9.50 Å². The lowest BCUT2D eigenvalue weighted by molar-refractivity contribution is -0.117. The molecule has 1 aliphatic carbocycles. The molecule has 0 atom stereocenters.